The highest BCUT2D eigenvalue weighted by molar-refractivity contribution is 6.05. The number of amides is 3. The summed E-state index contributed by atoms with van der Waals surface area (Å²) in [5.41, 5.74) is 4.06. The quantitative estimate of drug-likeness (QED) is 0.365. The van der Waals surface area contributed by atoms with Crippen LogP contribution in [0.4, 0.5) is 5.69 Å². The van der Waals surface area contributed by atoms with Gasteiger partial charge in [-0.25, -0.2) is 4.98 Å². The Hall–Kier alpha value is -4.46. The van der Waals surface area contributed by atoms with Gasteiger partial charge < -0.3 is 14.5 Å². The molecule has 8 nitrogen and oxygen atoms in total. The molecule has 8 heteroatoms. The fourth-order valence-electron chi connectivity index (χ4n) is 4.73. The van der Waals surface area contributed by atoms with E-state index in [0.29, 0.717) is 42.9 Å². The molecule has 0 radical (unpaired) electrons. The second kappa shape index (κ2) is 9.89. The van der Waals surface area contributed by atoms with E-state index in [9.17, 15) is 14.4 Å². The highest BCUT2D eigenvalue weighted by atomic mass is 16.5. The van der Waals surface area contributed by atoms with E-state index in [4.69, 9.17) is 4.74 Å². The first-order chi connectivity index (χ1) is 17.9. The van der Waals surface area contributed by atoms with Crippen molar-refractivity contribution in [3.8, 4) is 5.75 Å². The Kier molecular flexibility index (Phi) is 6.48. The van der Waals surface area contributed by atoms with Gasteiger partial charge in [0.05, 0.1) is 11.1 Å². The van der Waals surface area contributed by atoms with E-state index in [1.807, 2.05) is 54.9 Å². The minimum Gasteiger partial charge on any atom is -0.487 e. The van der Waals surface area contributed by atoms with Gasteiger partial charge in [-0.3, -0.25) is 19.7 Å². The van der Waals surface area contributed by atoms with Crippen LogP contribution in [0.3, 0.4) is 0 Å². The highest BCUT2D eigenvalue weighted by Crippen LogP contribution is 2.36. The number of pyridine rings is 1. The Balaban J connectivity index is 1.20. The molecule has 2 aromatic carbocycles. The summed E-state index contributed by atoms with van der Waals surface area (Å²) >= 11 is 0. The van der Waals surface area contributed by atoms with E-state index in [1.54, 1.807) is 36.4 Å². The number of ether oxygens (including phenoxy) is 1. The Bertz CT molecular complexity index is 1470. The van der Waals surface area contributed by atoms with Crippen molar-refractivity contribution in [1.29, 1.82) is 0 Å². The van der Waals surface area contributed by atoms with Gasteiger partial charge in [-0.15, -0.1) is 0 Å². The van der Waals surface area contributed by atoms with Crippen LogP contribution in [0.1, 0.15) is 53.4 Å². The molecule has 1 saturated heterocycles. The number of nitrogens with zero attached hydrogens (tertiary/aromatic N) is 2. The number of hydrogen-bond donors (Lipinski definition) is 2. The molecule has 37 heavy (non-hydrogen) atoms. The number of fused-ring (bicyclic) bond motifs is 1. The molecule has 4 aromatic rings. The number of imide groups is 1. The maximum Gasteiger partial charge on any atom is 0.255 e. The standard InChI is InChI=1S/C29H28N4O4/c1-3-29(15-14-26(34)32-28(29)36)21-7-9-22(10-8-21)31-27(35)20-5-11-24(12-6-20)37-18-23-17-33-16-19(2)4-13-25(33)30-23/h4-13,16-17H,3,14-15,18H2,1-2H3,(H,31,35)(H,32,34,36). The second-order valence-electron chi connectivity index (χ2n) is 9.36. The van der Waals surface area contributed by atoms with Crippen molar-refractivity contribution in [1.82, 2.24) is 14.7 Å². The molecular formula is C29H28N4O4. The van der Waals surface area contributed by atoms with Gasteiger partial charge in [0.2, 0.25) is 11.8 Å². The molecule has 0 saturated carbocycles. The predicted molar refractivity (Wildman–Crippen MR) is 139 cm³/mol. The van der Waals surface area contributed by atoms with Gasteiger partial charge in [-0.1, -0.05) is 25.1 Å². The summed E-state index contributed by atoms with van der Waals surface area (Å²) in [6.45, 7) is 4.30. The lowest BCUT2D eigenvalue weighted by Crippen LogP contribution is -2.51. The number of piperidine rings is 1. The molecule has 3 amide bonds. The lowest BCUT2D eigenvalue weighted by Gasteiger charge is -2.35. The summed E-state index contributed by atoms with van der Waals surface area (Å²) in [7, 11) is 0. The number of imidazole rings is 1. The Labute approximate surface area is 214 Å². The molecule has 1 fully saturated rings. The number of anilines is 1. The number of nitrogens with one attached hydrogen (secondary N) is 2. The molecule has 0 aliphatic carbocycles. The second-order valence-corrected chi connectivity index (χ2v) is 9.36. The third-order valence-corrected chi connectivity index (χ3v) is 6.92. The third kappa shape index (κ3) is 4.95. The number of aryl methyl sites for hydroxylation is 1. The first-order valence-corrected chi connectivity index (χ1v) is 12.3. The van der Waals surface area contributed by atoms with Crippen LogP contribution in [0.15, 0.2) is 73.1 Å². The lowest BCUT2D eigenvalue weighted by atomic mass is 9.72. The number of rotatable bonds is 7. The fraction of sp³-hybridized carbons (Fsp3) is 0.241. The van der Waals surface area contributed by atoms with E-state index < -0.39 is 5.41 Å². The molecule has 0 spiro atoms. The first kappa shape index (κ1) is 24.2. The zero-order valence-corrected chi connectivity index (χ0v) is 20.8. The Morgan fingerprint density at radius 2 is 1.81 bits per heavy atom. The van der Waals surface area contributed by atoms with Gasteiger partial charge >= 0.3 is 0 Å². The van der Waals surface area contributed by atoms with E-state index in [2.05, 4.69) is 15.6 Å². The number of benzene rings is 2. The average molecular weight is 497 g/mol. The van der Waals surface area contributed by atoms with Crippen LogP contribution < -0.4 is 15.4 Å². The molecular weight excluding hydrogens is 468 g/mol. The molecule has 1 aliphatic heterocycles. The SMILES string of the molecule is CCC1(c2ccc(NC(=O)c3ccc(OCc4cn5cc(C)ccc5n4)cc3)cc2)CCC(=O)NC1=O. The van der Waals surface area contributed by atoms with E-state index in [1.165, 1.54) is 0 Å². The molecule has 2 aromatic heterocycles. The van der Waals surface area contributed by atoms with Crippen molar-refractivity contribution in [2.45, 2.75) is 45.1 Å². The Morgan fingerprint density at radius 3 is 2.51 bits per heavy atom. The largest absolute Gasteiger partial charge is 0.487 e. The summed E-state index contributed by atoms with van der Waals surface area (Å²) in [5, 5.41) is 5.34. The molecule has 1 atom stereocenters. The molecule has 3 heterocycles. The molecule has 188 valence electrons. The smallest absolute Gasteiger partial charge is 0.255 e. The van der Waals surface area contributed by atoms with Crippen molar-refractivity contribution in [2.75, 3.05) is 5.32 Å². The van der Waals surface area contributed by atoms with Crippen LogP contribution in [-0.2, 0) is 21.6 Å². The molecule has 1 unspecified atom stereocenters. The topological polar surface area (TPSA) is 102 Å². The summed E-state index contributed by atoms with van der Waals surface area (Å²) in [6, 6.07) is 18.2. The maximum absolute atomic E-state index is 12.8. The zero-order valence-electron chi connectivity index (χ0n) is 20.8. The summed E-state index contributed by atoms with van der Waals surface area (Å²) in [4.78, 5) is 41.5. The number of carbonyl (C=O) groups excluding carboxylic acids is 3. The van der Waals surface area contributed by atoms with Gasteiger partial charge in [0.15, 0.2) is 0 Å². The third-order valence-electron chi connectivity index (χ3n) is 6.92. The van der Waals surface area contributed by atoms with Crippen molar-refractivity contribution < 1.29 is 19.1 Å². The van der Waals surface area contributed by atoms with E-state index >= 15 is 0 Å². The number of hydrogen-bond acceptors (Lipinski definition) is 5. The van der Waals surface area contributed by atoms with E-state index in [0.717, 1.165) is 22.5 Å². The van der Waals surface area contributed by atoms with Gasteiger partial charge in [0.1, 0.15) is 18.0 Å². The van der Waals surface area contributed by atoms with Crippen LogP contribution in [0.5, 0.6) is 5.75 Å². The summed E-state index contributed by atoms with van der Waals surface area (Å²) in [6.07, 6.45) is 5.34. The van der Waals surface area contributed by atoms with Crippen LogP contribution in [0, 0.1) is 6.92 Å². The minimum absolute atomic E-state index is 0.236. The normalized spacial score (nSPS) is 17.5. The lowest BCUT2D eigenvalue weighted by molar-refractivity contribution is -0.138. The van der Waals surface area contributed by atoms with Crippen molar-refractivity contribution in [2.24, 2.45) is 0 Å². The maximum atomic E-state index is 12.8. The monoisotopic (exact) mass is 496 g/mol. The van der Waals surface area contributed by atoms with Gasteiger partial charge in [0, 0.05) is 30.1 Å². The Morgan fingerprint density at radius 1 is 1.05 bits per heavy atom. The van der Waals surface area contributed by atoms with Crippen LogP contribution in [0.2, 0.25) is 0 Å². The molecule has 5 rings (SSSR count). The predicted octanol–water partition coefficient (Wildman–Crippen LogP) is 4.56. The van der Waals surface area contributed by atoms with Gasteiger partial charge in [-0.05, 0) is 73.4 Å². The van der Waals surface area contributed by atoms with Crippen molar-refractivity contribution >= 4 is 29.1 Å². The highest BCUT2D eigenvalue weighted by Gasteiger charge is 2.42. The number of carbonyl (C=O) groups is 3. The molecule has 2 N–H and O–H groups in total. The van der Waals surface area contributed by atoms with Gasteiger partial charge in [-0.2, -0.15) is 0 Å². The molecule has 1 aliphatic rings. The van der Waals surface area contributed by atoms with Crippen LogP contribution in [-0.4, -0.2) is 27.1 Å². The molecule has 0 bridgehead atoms. The zero-order chi connectivity index (χ0) is 26.0. The number of aromatic nitrogens is 2. The first-order valence-electron chi connectivity index (χ1n) is 12.3. The van der Waals surface area contributed by atoms with Crippen LogP contribution in [0.25, 0.3) is 5.65 Å². The fourth-order valence-corrected chi connectivity index (χ4v) is 4.73. The van der Waals surface area contributed by atoms with E-state index in [-0.39, 0.29) is 17.7 Å². The summed E-state index contributed by atoms with van der Waals surface area (Å²) in [5.74, 6) is -0.106. The van der Waals surface area contributed by atoms with Crippen molar-refractivity contribution in [3.05, 3.63) is 95.4 Å². The minimum atomic E-state index is -0.728. The van der Waals surface area contributed by atoms with Crippen molar-refractivity contribution in [3.63, 3.8) is 0 Å². The van der Waals surface area contributed by atoms with Gasteiger partial charge in [0.25, 0.3) is 5.91 Å². The average Bonchev–Trinajstić information content (AvgIpc) is 3.31. The van der Waals surface area contributed by atoms with Crippen LogP contribution >= 0.6 is 0 Å². The summed E-state index contributed by atoms with van der Waals surface area (Å²) < 4.78 is 7.82.